The number of halogens is 3. The number of sulfonamides is 2. The normalized spacial score (nSPS) is 10.9. The van der Waals surface area contributed by atoms with E-state index in [2.05, 4.69) is 29.8 Å². The Kier molecular flexibility index (Phi) is 20.4. The molecule has 0 saturated heterocycles. The van der Waals surface area contributed by atoms with Gasteiger partial charge in [0.15, 0.2) is 0 Å². The van der Waals surface area contributed by atoms with Crippen LogP contribution < -0.4 is 20.1 Å². The molecule has 51 heavy (non-hydrogen) atoms. The first-order valence-electron chi connectivity index (χ1n) is 14.4. The van der Waals surface area contributed by atoms with E-state index in [1.165, 1.54) is 60.7 Å². The third kappa shape index (κ3) is 17.0. The summed E-state index contributed by atoms with van der Waals surface area (Å²) in [7, 11) is -7.11. The van der Waals surface area contributed by atoms with E-state index < -0.39 is 38.2 Å². The van der Waals surface area contributed by atoms with Gasteiger partial charge in [-0.1, -0.05) is 4.63 Å². The van der Waals surface area contributed by atoms with Gasteiger partial charge in [0.25, 0.3) is 0 Å². The van der Waals surface area contributed by atoms with E-state index in [1.807, 2.05) is 0 Å². The number of carboxylic acid groups (broad SMARTS) is 1. The van der Waals surface area contributed by atoms with Crippen LogP contribution in [-0.4, -0.2) is 83.3 Å². The van der Waals surface area contributed by atoms with Crippen molar-refractivity contribution in [3.05, 3.63) is 72.3 Å². The number of benzene rings is 3. The third-order valence-corrected chi connectivity index (χ3v) is 8.92. The highest BCUT2D eigenvalue weighted by molar-refractivity contribution is 7.89. The molecule has 17 nitrogen and oxygen atoms in total. The zero-order chi connectivity index (χ0) is 38.5. The number of hydrogen-bond donors (Lipinski definition) is 6. The van der Waals surface area contributed by atoms with E-state index in [-0.39, 0.29) is 64.9 Å². The van der Waals surface area contributed by atoms with Crippen molar-refractivity contribution in [3.63, 3.8) is 0 Å². The highest BCUT2D eigenvalue weighted by atomic mass is 35.5. The van der Waals surface area contributed by atoms with Gasteiger partial charge in [0.2, 0.25) is 20.0 Å². The summed E-state index contributed by atoms with van der Waals surface area (Å²) >= 11 is 15.8. The van der Waals surface area contributed by atoms with Crippen LogP contribution >= 0.6 is 35.0 Å². The SMILES string of the molecule is CCOC(=O)Nc1ccc(S(=O)(=O)NCCCl)cc1.CCOC(=O)Nc1ccc(S(=O)(=O)NCCCl)cc1.O=C(O)c1ccc(N=NCl)cc1O. The van der Waals surface area contributed by atoms with Crippen molar-refractivity contribution >= 4 is 90.2 Å². The zero-order valence-electron chi connectivity index (χ0n) is 27.0. The smallest absolute Gasteiger partial charge is 0.411 e. The van der Waals surface area contributed by atoms with Gasteiger partial charge in [-0.15, -0.1) is 28.3 Å². The van der Waals surface area contributed by atoms with Crippen molar-refractivity contribution in [2.75, 3.05) is 48.7 Å². The Morgan fingerprint density at radius 3 is 1.45 bits per heavy atom. The molecule has 0 aromatic heterocycles. The average Bonchev–Trinajstić information content (AvgIpc) is 3.08. The first-order chi connectivity index (χ1) is 24.1. The fourth-order valence-electron chi connectivity index (χ4n) is 3.32. The van der Waals surface area contributed by atoms with Gasteiger partial charge >= 0.3 is 18.2 Å². The fraction of sp³-hybridized carbons (Fsp3) is 0.276. The first-order valence-corrected chi connectivity index (χ1v) is 18.8. The summed E-state index contributed by atoms with van der Waals surface area (Å²) in [6.45, 7) is 4.23. The highest BCUT2D eigenvalue weighted by Crippen LogP contribution is 2.24. The number of phenols is 1. The summed E-state index contributed by atoms with van der Waals surface area (Å²) in [5.74, 6) is -1.18. The van der Waals surface area contributed by atoms with Gasteiger partial charge in [-0.25, -0.2) is 40.7 Å². The van der Waals surface area contributed by atoms with Crippen molar-refractivity contribution in [1.29, 1.82) is 0 Å². The summed E-state index contributed by atoms with van der Waals surface area (Å²) in [6.07, 6.45) is -1.17. The minimum absolute atomic E-state index is 0.104. The van der Waals surface area contributed by atoms with Gasteiger partial charge in [-0.05, 0) is 74.5 Å². The number of aromatic hydroxyl groups is 1. The van der Waals surface area contributed by atoms with Crippen LogP contribution in [0.3, 0.4) is 0 Å². The minimum atomic E-state index is -3.56. The monoisotopic (exact) mass is 812 g/mol. The van der Waals surface area contributed by atoms with E-state index in [4.69, 9.17) is 54.7 Å². The van der Waals surface area contributed by atoms with Crippen molar-refractivity contribution in [2.45, 2.75) is 23.6 Å². The predicted octanol–water partition coefficient (Wildman–Crippen LogP) is 5.87. The van der Waals surface area contributed by atoms with E-state index in [0.29, 0.717) is 11.4 Å². The molecule has 0 unspecified atom stereocenters. The zero-order valence-corrected chi connectivity index (χ0v) is 30.9. The topological polar surface area (TPSA) is 251 Å². The molecule has 0 fully saturated rings. The summed E-state index contributed by atoms with van der Waals surface area (Å²) in [4.78, 5) is 33.0. The summed E-state index contributed by atoms with van der Waals surface area (Å²) < 4.78 is 64.0. The predicted molar refractivity (Wildman–Crippen MR) is 191 cm³/mol. The molecule has 0 atom stereocenters. The third-order valence-electron chi connectivity index (χ3n) is 5.51. The molecule has 0 aliphatic rings. The molecule has 0 bridgehead atoms. The second kappa shape index (κ2) is 23.3. The van der Waals surface area contributed by atoms with Crippen molar-refractivity contribution < 1.29 is 50.9 Å². The molecule has 3 aromatic rings. The number of hydrogen-bond acceptors (Lipinski definition) is 12. The van der Waals surface area contributed by atoms with Crippen LogP contribution in [-0.2, 0) is 29.5 Å². The molecule has 0 radical (unpaired) electrons. The van der Waals surface area contributed by atoms with Crippen LogP contribution in [0.15, 0.2) is 86.3 Å². The molecular weight excluding hydrogens is 779 g/mol. The lowest BCUT2D eigenvalue weighted by molar-refractivity contribution is 0.0693. The lowest BCUT2D eigenvalue weighted by Gasteiger charge is -2.07. The fourth-order valence-corrected chi connectivity index (χ4v) is 5.89. The second-order valence-corrected chi connectivity index (χ2v) is 13.5. The number of nitrogens with one attached hydrogen (secondary N) is 4. The van der Waals surface area contributed by atoms with Gasteiger partial charge in [-0.3, -0.25) is 10.6 Å². The number of anilines is 2. The van der Waals surface area contributed by atoms with E-state index in [1.54, 1.807) is 13.8 Å². The molecule has 22 heteroatoms. The van der Waals surface area contributed by atoms with Crippen LogP contribution in [0.2, 0.25) is 0 Å². The minimum Gasteiger partial charge on any atom is -0.507 e. The number of nitrogens with zero attached hydrogens (tertiary/aromatic N) is 2. The molecule has 0 aliphatic heterocycles. The van der Waals surface area contributed by atoms with Gasteiger partial charge in [0.05, 0.1) is 40.5 Å². The summed E-state index contributed by atoms with van der Waals surface area (Å²) in [5.41, 5.74) is 1.01. The van der Waals surface area contributed by atoms with Crippen molar-refractivity contribution in [2.24, 2.45) is 9.75 Å². The second-order valence-electron chi connectivity index (χ2n) is 9.10. The van der Waals surface area contributed by atoms with E-state index in [0.717, 1.165) is 6.07 Å². The Morgan fingerprint density at radius 2 is 1.14 bits per heavy atom. The summed E-state index contributed by atoms with van der Waals surface area (Å²) in [6, 6.07) is 15.2. The molecule has 280 valence electrons. The van der Waals surface area contributed by atoms with Crippen molar-refractivity contribution in [3.8, 4) is 5.75 Å². The Morgan fingerprint density at radius 1 is 0.725 bits per heavy atom. The number of aromatic carboxylic acids is 1. The number of carboxylic acids is 1. The molecule has 2 amide bonds. The Balaban J connectivity index is 0.000000390. The average molecular weight is 814 g/mol. The first kappa shape index (κ1) is 44.8. The molecule has 0 aliphatic carbocycles. The quantitative estimate of drug-likeness (QED) is 0.0829. The van der Waals surface area contributed by atoms with Gasteiger partial charge in [0, 0.05) is 42.3 Å². The molecule has 3 aromatic carbocycles. The number of amides is 2. The van der Waals surface area contributed by atoms with E-state index in [9.17, 15) is 31.2 Å². The maximum Gasteiger partial charge on any atom is 0.411 e. The van der Waals surface area contributed by atoms with Crippen LogP contribution in [0.4, 0.5) is 26.7 Å². The lowest BCUT2D eigenvalue weighted by Crippen LogP contribution is -2.25. The molecule has 0 heterocycles. The molecular formula is C29H35Cl3N6O11S2. The molecule has 0 spiro atoms. The molecule has 6 N–H and O–H groups in total. The molecule has 0 saturated carbocycles. The van der Waals surface area contributed by atoms with E-state index >= 15 is 0 Å². The maximum atomic E-state index is 11.7. The van der Waals surface area contributed by atoms with Crippen LogP contribution in [0.1, 0.15) is 24.2 Å². The van der Waals surface area contributed by atoms with Gasteiger partial charge in [-0.2, -0.15) is 0 Å². The number of carbonyl (C=O) groups is 3. The summed E-state index contributed by atoms with van der Waals surface area (Å²) in [5, 5.41) is 26.0. The molecule has 3 rings (SSSR count). The number of ether oxygens (including phenoxy) is 2. The number of carbonyl (C=O) groups excluding carboxylic acids is 2. The Labute approximate surface area is 309 Å². The standard InChI is InChI=1S/2C11H15ClN2O4S.C7H5ClN2O3/c2*1-2-18-11(15)14-9-3-5-10(6-4-9)19(16,17)13-8-7-12;8-10-9-4-1-2-5(7(12)13)6(11)3-4/h2*3-6,13H,2,7-8H2,1H3,(H,14,15);1-3,11H,(H,12,13). The number of rotatable bonds is 14. The van der Waals surface area contributed by atoms with Crippen LogP contribution in [0, 0.1) is 0 Å². The lowest BCUT2D eigenvalue weighted by atomic mass is 10.2. The van der Waals surface area contributed by atoms with Crippen LogP contribution in [0.25, 0.3) is 0 Å². The largest absolute Gasteiger partial charge is 0.507 e. The van der Waals surface area contributed by atoms with Crippen LogP contribution in [0.5, 0.6) is 5.75 Å². The Hall–Kier alpha value is -4.24. The van der Waals surface area contributed by atoms with Gasteiger partial charge < -0.3 is 19.7 Å². The maximum absolute atomic E-state index is 11.7. The van der Waals surface area contributed by atoms with Gasteiger partial charge in [0.1, 0.15) is 11.3 Å². The number of alkyl halides is 2. The highest BCUT2D eigenvalue weighted by Gasteiger charge is 2.14. The Bertz CT molecular complexity index is 1720. The van der Waals surface area contributed by atoms with Crippen molar-refractivity contribution in [1.82, 2.24) is 9.44 Å².